The molecule has 1 aliphatic heterocycles. The van der Waals surface area contributed by atoms with Gasteiger partial charge < -0.3 is 19.9 Å². The Morgan fingerprint density at radius 2 is 1.86 bits per heavy atom. The van der Waals surface area contributed by atoms with Gasteiger partial charge in [-0.25, -0.2) is 0 Å². The van der Waals surface area contributed by atoms with E-state index < -0.39 is 4.92 Å². The Bertz CT molecular complexity index is 865. The third kappa shape index (κ3) is 4.83. The van der Waals surface area contributed by atoms with Crippen molar-refractivity contribution in [3.63, 3.8) is 0 Å². The molecule has 8 heteroatoms. The van der Waals surface area contributed by atoms with E-state index in [-0.39, 0.29) is 23.3 Å². The molecule has 1 saturated heterocycles. The van der Waals surface area contributed by atoms with Crippen molar-refractivity contribution in [3.05, 3.63) is 58.6 Å². The van der Waals surface area contributed by atoms with Gasteiger partial charge in [-0.2, -0.15) is 0 Å². The highest BCUT2D eigenvalue weighted by Crippen LogP contribution is 2.28. The number of piperazine rings is 1. The summed E-state index contributed by atoms with van der Waals surface area (Å²) in [4.78, 5) is 26.8. The Morgan fingerprint density at radius 3 is 2.55 bits per heavy atom. The van der Waals surface area contributed by atoms with Crippen molar-refractivity contribution >= 4 is 23.0 Å². The number of amides is 1. The first-order valence-electron chi connectivity index (χ1n) is 9.87. The molecule has 0 radical (unpaired) electrons. The van der Waals surface area contributed by atoms with Crippen molar-refractivity contribution in [2.45, 2.75) is 19.9 Å². The molecule has 154 valence electrons. The summed E-state index contributed by atoms with van der Waals surface area (Å²) in [7, 11) is 0. The first kappa shape index (κ1) is 20.6. The van der Waals surface area contributed by atoms with E-state index in [1.807, 2.05) is 32.0 Å². The Labute approximate surface area is 170 Å². The van der Waals surface area contributed by atoms with Crippen molar-refractivity contribution in [2.24, 2.45) is 0 Å². The van der Waals surface area contributed by atoms with Gasteiger partial charge >= 0.3 is 0 Å². The van der Waals surface area contributed by atoms with Crippen LogP contribution >= 0.6 is 0 Å². The largest absolute Gasteiger partial charge is 0.492 e. The molecule has 0 bridgehead atoms. The minimum absolute atomic E-state index is 0.0969. The minimum Gasteiger partial charge on any atom is -0.492 e. The Kier molecular flexibility index (Phi) is 6.66. The molecule has 0 spiro atoms. The fourth-order valence-electron chi connectivity index (χ4n) is 3.63. The molecule has 1 aliphatic rings. The molecule has 1 amide bonds. The summed E-state index contributed by atoms with van der Waals surface area (Å²) in [6, 6.07) is 13.9. The number of carbonyl (C=O) groups excluding carboxylic acids is 1. The van der Waals surface area contributed by atoms with Crippen LogP contribution in [0.2, 0.25) is 0 Å². The third-order valence-electron chi connectivity index (χ3n) is 5.28. The number of nitrogens with zero attached hydrogens (tertiary/aromatic N) is 2. The predicted octanol–water partition coefficient (Wildman–Crippen LogP) is 1.73. The van der Waals surface area contributed by atoms with Crippen molar-refractivity contribution in [3.8, 4) is 5.75 Å². The monoisotopic (exact) mass is 399 g/mol. The summed E-state index contributed by atoms with van der Waals surface area (Å²) in [5.74, 6) is 0.665. The molecular formula is C21H27N4O4+. The lowest BCUT2D eigenvalue weighted by atomic mass is 10.1. The van der Waals surface area contributed by atoms with Crippen LogP contribution in [0.1, 0.15) is 13.8 Å². The number of para-hydroxylation sites is 4. The quantitative estimate of drug-likeness (QED) is 0.547. The van der Waals surface area contributed by atoms with Gasteiger partial charge in [0.2, 0.25) is 0 Å². The summed E-state index contributed by atoms with van der Waals surface area (Å²) in [5, 5.41) is 13.9. The second-order valence-electron chi connectivity index (χ2n) is 7.03. The lowest BCUT2D eigenvalue weighted by Crippen LogP contribution is -3.19. The number of nitro groups is 1. The third-order valence-corrected chi connectivity index (χ3v) is 5.28. The maximum atomic E-state index is 12.7. The number of nitro benzene ring substituents is 1. The average Bonchev–Trinajstić information content (AvgIpc) is 2.74. The van der Waals surface area contributed by atoms with Crippen LogP contribution in [-0.2, 0) is 4.79 Å². The van der Waals surface area contributed by atoms with Crippen LogP contribution in [0.3, 0.4) is 0 Å². The van der Waals surface area contributed by atoms with E-state index in [4.69, 9.17) is 4.74 Å². The second-order valence-corrected chi connectivity index (χ2v) is 7.03. The number of carbonyl (C=O) groups is 1. The van der Waals surface area contributed by atoms with Crippen LogP contribution in [-0.4, -0.2) is 49.7 Å². The molecule has 29 heavy (non-hydrogen) atoms. The van der Waals surface area contributed by atoms with E-state index in [0.717, 1.165) is 42.5 Å². The van der Waals surface area contributed by atoms with Crippen molar-refractivity contribution < 1.29 is 19.4 Å². The van der Waals surface area contributed by atoms with E-state index in [1.165, 1.54) is 6.07 Å². The molecule has 8 nitrogen and oxygen atoms in total. The maximum Gasteiger partial charge on any atom is 0.292 e. The molecule has 1 atom stereocenters. The number of quaternary nitrogens is 1. The molecule has 2 aromatic carbocycles. The number of benzene rings is 2. The normalized spacial score (nSPS) is 15.6. The van der Waals surface area contributed by atoms with Crippen LogP contribution in [0.15, 0.2) is 48.5 Å². The van der Waals surface area contributed by atoms with Crippen molar-refractivity contribution in [1.29, 1.82) is 0 Å². The molecule has 2 aromatic rings. The van der Waals surface area contributed by atoms with Gasteiger partial charge in [-0.1, -0.05) is 24.3 Å². The zero-order valence-corrected chi connectivity index (χ0v) is 16.8. The van der Waals surface area contributed by atoms with E-state index >= 15 is 0 Å². The molecule has 0 saturated carbocycles. The van der Waals surface area contributed by atoms with Crippen LogP contribution < -0.4 is 19.9 Å². The lowest BCUT2D eigenvalue weighted by molar-refractivity contribution is -0.914. The SMILES string of the molecule is CCOc1ccccc1N1CC[NH+]([C@H](C)C(=O)Nc2ccccc2[N+](=O)[O-])CC1. The summed E-state index contributed by atoms with van der Waals surface area (Å²) in [6.45, 7) is 7.66. The number of hydrogen-bond acceptors (Lipinski definition) is 5. The van der Waals surface area contributed by atoms with Gasteiger partial charge in [-0.15, -0.1) is 0 Å². The lowest BCUT2D eigenvalue weighted by Gasteiger charge is -2.36. The van der Waals surface area contributed by atoms with Gasteiger partial charge in [-0.05, 0) is 32.0 Å². The van der Waals surface area contributed by atoms with Gasteiger partial charge in [0.25, 0.3) is 11.6 Å². The van der Waals surface area contributed by atoms with Crippen molar-refractivity contribution in [1.82, 2.24) is 0 Å². The Morgan fingerprint density at radius 1 is 1.21 bits per heavy atom. The minimum atomic E-state index is -0.484. The van der Waals surface area contributed by atoms with E-state index in [9.17, 15) is 14.9 Å². The van der Waals surface area contributed by atoms with E-state index in [2.05, 4.69) is 16.3 Å². The Balaban J connectivity index is 1.61. The topological polar surface area (TPSA) is 89.2 Å². The summed E-state index contributed by atoms with van der Waals surface area (Å²) in [5.41, 5.74) is 1.21. The van der Waals surface area contributed by atoms with Crippen LogP contribution in [0.4, 0.5) is 17.1 Å². The highest BCUT2D eigenvalue weighted by molar-refractivity contribution is 5.95. The molecule has 3 rings (SSSR count). The smallest absolute Gasteiger partial charge is 0.292 e. The standard InChI is InChI=1S/C21H26N4O4/c1-3-29-20-11-7-6-10-19(20)24-14-12-23(13-15-24)16(2)21(26)22-17-8-4-5-9-18(17)25(27)28/h4-11,16H,3,12-15H2,1-2H3,(H,22,26)/p+1/t16-/m1/s1. The average molecular weight is 399 g/mol. The molecular weight excluding hydrogens is 372 g/mol. The molecule has 2 N–H and O–H groups in total. The summed E-state index contributed by atoms with van der Waals surface area (Å²) < 4.78 is 5.73. The van der Waals surface area contributed by atoms with Gasteiger partial charge in [0.05, 0.1) is 43.4 Å². The number of rotatable bonds is 7. The highest BCUT2D eigenvalue weighted by atomic mass is 16.6. The number of hydrogen-bond donors (Lipinski definition) is 2. The predicted molar refractivity (Wildman–Crippen MR) is 112 cm³/mol. The first-order chi connectivity index (χ1) is 14.0. The highest BCUT2D eigenvalue weighted by Gasteiger charge is 2.31. The zero-order chi connectivity index (χ0) is 20.8. The summed E-state index contributed by atoms with van der Waals surface area (Å²) >= 11 is 0. The number of anilines is 2. The first-order valence-corrected chi connectivity index (χ1v) is 9.87. The fraction of sp³-hybridized carbons (Fsp3) is 0.381. The van der Waals surface area contributed by atoms with Crippen LogP contribution in [0, 0.1) is 10.1 Å². The van der Waals surface area contributed by atoms with E-state index in [0.29, 0.717) is 6.61 Å². The Hall–Kier alpha value is -3.13. The molecule has 0 aromatic heterocycles. The second kappa shape index (κ2) is 9.38. The van der Waals surface area contributed by atoms with Crippen LogP contribution in [0.25, 0.3) is 0 Å². The van der Waals surface area contributed by atoms with Gasteiger partial charge in [0.15, 0.2) is 6.04 Å². The maximum absolute atomic E-state index is 12.7. The van der Waals surface area contributed by atoms with Crippen molar-refractivity contribution in [2.75, 3.05) is 43.0 Å². The number of nitrogens with one attached hydrogen (secondary N) is 2. The zero-order valence-electron chi connectivity index (χ0n) is 16.8. The van der Waals surface area contributed by atoms with Gasteiger partial charge in [0, 0.05) is 6.07 Å². The number of ether oxygens (including phenoxy) is 1. The van der Waals surface area contributed by atoms with Gasteiger partial charge in [-0.3, -0.25) is 14.9 Å². The molecule has 1 fully saturated rings. The molecule has 0 aliphatic carbocycles. The van der Waals surface area contributed by atoms with E-state index in [1.54, 1.807) is 18.2 Å². The fourth-order valence-corrected chi connectivity index (χ4v) is 3.63. The summed E-state index contributed by atoms with van der Waals surface area (Å²) in [6.07, 6.45) is 0. The van der Waals surface area contributed by atoms with Gasteiger partial charge in [0.1, 0.15) is 11.4 Å². The van der Waals surface area contributed by atoms with Crippen LogP contribution in [0.5, 0.6) is 5.75 Å². The molecule has 0 unspecified atom stereocenters. The molecule has 1 heterocycles.